The number of rotatable bonds is 2. The van der Waals surface area contributed by atoms with Gasteiger partial charge < -0.3 is 11.1 Å². The Morgan fingerprint density at radius 3 is 2.50 bits per heavy atom. The minimum atomic E-state index is -0.865. The van der Waals surface area contributed by atoms with E-state index in [-0.39, 0.29) is 11.4 Å². The number of hydrogen-bond donors (Lipinski definition) is 2. The second-order valence-corrected chi connectivity index (χ2v) is 4.63. The molecule has 3 nitrogen and oxygen atoms in total. The van der Waals surface area contributed by atoms with E-state index in [2.05, 4.69) is 5.32 Å². The summed E-state index contributed by atoms with van der Waals surface area (Å²) in [4.78, 5) is 12.1. The highest BCUT2D eigenvalue weighted by Crippen LogP contribution is 2.22. The number of anilines is 2. The molecule has 0 aliphatic rings. The standard InChI is InChI=1S/C15H14F2N2O/c1-8-3-4-9(2)10(5-8)15(20)19-14-7-13(18)11(16)6-12(14)17/h3-7H,18H2,1-2H3,(H,19,20). The lowest BCUT2D eigenvalue weighted by Gasteiger charge is -2.10. The van der Waals surface area contributed by atoms with Crippen LogP contribution in [-0.4, -0.2) is 5.91 Å². The molecule has 2 aromatic rings. The van der Waals surface area contributed by atoms with Crippen molar-refractivity contribution in [3.8, 4) is 0 Å². The lowest BCUT2D eigenvalue weighted by atomic mass is 10.0. The molecular weight excluding hydrogens is 262 g/mol. The van der Waals surface area contributed by atoms with Crippen LogP contribution in [0.4, 0.5) is 20.2 Å². The largest absolute Gasteiger partial charge is 0.396 e. The summed E-state index contributed by atoms with van der Waals surface area (Å²) in [5.74, 6) is -2.18. The molecule has 1 amide bonds. The third kappa shape index (κ3) is 2.77. The van der Waals surface area contributed by atoms with Crippen molar-refractivity contribution < 1.29 is 13.6 Å². The van der Waals surface area contributed by atoms with Gasteiger partial charge >= 0.3 is 0 Å². The minimum Gasteiger partial charge on any atom is -0.396 e. The molecule has 5 heteroatoms. The molecule has 20 heavy (non-hydrogen) atoms. The van der Waals surface area contributed by atoms with Crippen molar-refractivity contribution in [2.24, 2.45) is 0 Å². The Labute approximate surface area is 115 Å². The molecule has 0 heterocycles. The zero-order chi connectivity index (χ0) is 14.9. The number of carbonyl (C=O) groups excluding carboxylic acids is 1. The predicted molar refractivity (Wildman–Crippen MR) is 74.6 cm³/mol. The smallest absolute Gasteiger partial charge is 0.256 e. The van der Waals surface area contributed by atoms with Crippen LogP contribution in [0.1, 0.15) is 21.5 Å². The van der Waals surface area contributed by atoms with Crippen LogP contribution in [-0.2, 0) is 0 Å². The number of benzene rings is 2. The summed E-state index contributed by atoms with van der Waals surface area (Å²) in [6, 6.07) is 7.10. The maximum absolute atomic E-state index is 13.6. The van der Waals surface area contributed by atoms with E-state index in [1.54, 1.807) is 19.1 Å². The molecule has 2 rings (SSSR count). The molecule has 0 aromatic heterocycles. The Kier molecular flexibility index (Phi) is 3.70. The molecule has 2 aromatic carbocycles. The van der Waals surface area contributed by atoms with E-state index in [1.165, 1.54) is 0 Å². The average molecular weight is 276 g/mol. The Balaban J connectivity index is 2.32. The Hall–Kier alpha value is -2.43. The van der Waals surface area contributed by atoms with Gasteiger partial charge in [0.1, 0.15) is 11.6 Å². The quantitative estimate of drug-likeness (QED) is 0.826. The molecule has 0 saturated heterocycles. The van der Waals surface area contributed by atoms with Gasteiger partial charge in [0.2, 0.25) is 0 Å². The van der Waals surface area contributed by atoms with Gasteiger partial charge in [-0.3, -0.25) is 4.79 Å². The Bertz CT molecular complexity index is 684. The van der Waals surface area contributed by atoms with Crippen LogP contribution in [0, 0.1) is 25.5 Å². The van der Waals surface area contributed by atoms with Crippen molar-refractivity contribution in [1.29, 1.82) is 0 Å². The van der Waals surface area contributed by atoms with Gasteiger partial charge in [0.25, 0.3) is 5.91 Å². The number of aryl methyl sites for hydroxylation is 2. The Morgan fingerprint density at radius 2 is 1.80 bits per heavy atom. The highest BCUT2D eigenvalue weighted by molar-refractivity contribution is 6.05. The lowest BCUT2D eigenvalue weighted by molar-refractivity contribution is 0.102. The van der Waals surface area contributed by atoms with Crippen LogP contribution in [0.5, 0.6) is 0 Å². The first-order chi connectivity index (χ1) is 9.38. The summed E-state index contributed by atoms with van der Waals surface area (Å²) in [6.45, 7) is 3.64. The van der Waals surface area contributed by atoms with E-state index >= 15 is 0 Å². The number of nitrogens with one attached hydrogen (secondary N) is 1. The number of amides is 1. The SMILES string of the molecule is Cc1ccc(C)c(C(=O)Nc2cc(N)c(F)cc2F)c1. The molecule has 0 aliphatic carbocycles. The highest BCUT2D eigenvalue weighted by atomic mass is 19.1. The molecule has 0 atom stereocenters. The van der Waals surface area contributed by atoms with Gasteiger partial charge in [0, 0.05) is 11.6 Å². The summed E-state index contributed by atoms with van der Waals surface area (Å²) >= 11 is 0. The van der Waals surface area contributed by atoms with Crippen LogP contribution in [0.25, 0.3) is 0 Å². The van der Waals surface area contributed by atoms with E-state index in [1.807, 2.05) is 13.0 Å². The van der Waals surface area contributed by atoms with E-state index < -0.39 is 17.5 Å². The second kappa shape index (κ2) is 5.28. The van der Waals surface area contributed by atoms with Crippen LogP contribution in [0.2, 0.25) is 0 Å². The van der Waals surface area contributed by atoms with E-state index in [9.17, 15) is 13.6 Å². The summed E-state index contributed by atoms with van der Waals surface area (Å²) in [6.07, 6.45) is 0. The maximum Gasteiger partial charge on any atom is 0.256 e. The summed E-state index contributed by atoms with van der Waals surface area (Å²) in [5.41, 5.74) is 7.12. The molecule has 0 unspecified atom stereocenters. The van der Waals surface area contributed by atoms with Crippen molar-refractivity contribution in [3.63, 3.8) is 0 Å². The monoisotopic (exact) mass is 276 g/mol. The normalized spacial score (nSPS) is 10.4. The van der Waals surface area contributed by atoms with E-state index in [4.69, 9.17) is 5.73 Å². The number of carbonyl (C=O) groups is 1. The fourth-order valence-electron chi connectivity index (χ4n) is 1.83. The van der Waals surface area contributed by atoms with Crippen molar-refractivity contribution >= 4 is 17.3 Å². The average Bonchev–Trinajstić information content (AvgIpc) is 2.38. The lowest BCUT2D eigenvalue weighted by Crippen LogP contribution is -2.15. The molecule has 0 aliphatic heterocycles. The fraction of sp³-hybridized carbons (Fsp3) is 0.133. The van der Waals surface area contributed by atoms with Crippen LogP contribution in [0.3, 0.4) is 0 Å². The molecule has 104 valence electrons. The number of halogens is 2. The molecule has 0 saturated carbocycles. The molecule has 0 bridgehead atoms. The molecule has 0 fully saturated rings. The van der Waals surface area contributed by atoms with Crippen molar-refractivity contribution in [2.45, 2.75) is 13.8 Å². The number of hydrogen-bond acceptors (Lipinski definition) is 2. The van der Waals surface area contributed by atoms with E-state index in [0.29, 0.717) is 11.6 Å². The highest BCUT2D eigenvalue weighted by Gasteiger charge is 2.14. The minimum absolute atomic E-state index is 0.144. The summed E-state index contributed by atoms with van der Waals surface area (Å²) < 4.78 is 26.6. The predicted octanol–water partition coefficient (Wildman–Crippen LogP) is 3.42. The number of nitrogen functional groups attached to an aromatic ring is 1. The fourth-order valence-corrected chi connectivity index (χ4v) is 1.83. The second-order valence-electron chi connectivity index (χ2n) is 4.63. The zero-order valence-corrected chi connectivity index (χ0v) is 11.1. The third-order valence-corrected chi connectivity index (χ3v) is 2.97. The first-order valence-electron chi connectivity index (χ1n) is 6.01. The molecular formula is C15H14F2N2O. The van der Waals surface area contributed by atoms with Gasteiger partial charge in [0.05, 0.1) is 11.4 Å². The van der Waals surface area contributed by atoms with Crippen molar-refractivity contribution in [2.75, 3.05) is 11.1 Å². The van der Waals surface area contributed by atoms with Gasteiger partial charge in [-0.25, -0.2) is 8.78 Å². The van der Waals surface area contributed by atoms with Gasteiger partial charge in [-0.15, -0.1) is 0 Å². The summed E-state index contributed by atoms with van der Waals surface area (Å²) in [5, 5.41) is 2.40. The Morgan fingerprint density at radius 1 is 1.10 bits per heavy atom. The van der Waals surface area contributed by atoms with Gasteiger partial charge in [-0.05, 0) is 31.5 Å². The van der Waals surface area contributed by atoms with Crippen LogP contribution in [0.15, 0.2) is 30.3 Å². The van der Waals surface area contributed by atoms with Crippen LogP contribution >= 0.6 is 0 Å². The molecule has 3 N–H and O–H groups in total. The maximum atomic E-state index is 13.6. The van der Waals surface area contributed by atoms with Crippen molar-refractivity contribution in [1.82, 2.24) is 0 Å². The van der Waals surface area contributed by atoms with Gasteiger partial charge in [-0.2, -0.15) is 0 Å². The number of nitrogens with two attached hydrogens (primary N) is 1. The molecule has 0 spiro atoms. The van der Waals surface area contributed by atoms with Gasteiger partial charge in [0.15, 0.2) is 0 Å². The first kappa shape index (κ1) is 14.0. The molecule has 0 radical (unpaired) electrons. The zero-order valence-electron chi connectivity index (χ0n) is 11.1. The first-order valence-corrected chi connectivity index (χ1v) is 6.01. The third-order valence-electron chi connectivity index (χ3n) is 2.97. The van der Waals surface area contributed by atoms with E-state index in [0.717, 1.165) is 17.2 Å². The topological polar surface area (TPSA) is 55.1 Å². The van der Waals surface area contributed by atoms with Crippen LogP contribution < -0.4 is 11.1 Å². The summed E-state index contributed by atoms with van der Waals surface area (Å²) in [7, 11) is 0. The van der Waals surface area contributed by atoms with Gasteiger partial charge in [-0.1, -0.05) is 17.7 Å². The van der Waals surface area contributed by atoms with Crippen molar-refractivity contribution in [3.05, 3.63) is 58.7 Å².